The van der Waals surface area contributed by atoms with Gasteiger partial charge in [-0.05, 0) is 45.1 Å². The molecule has 2 fully saturated rings. The molecule has 3 heterocycles. The summed E-state index contributed by atoms with van der Waals surface area (Å²) in [7, 11) is 0. The predicted octanol–water partition coefficient (Wildman–Crippen LogP) is 2.29. The molecule has 4 rings (SSSR count). The van der Waals surface area contributed by atoms with Gasteiger partial charge in [-0.15, -0.1) is 0 Å². The van der Waals surface area contributed by atoms with Gasteiger partial charge in [0.05, 0.1) is 18.3 Å². The number of anilines is 1. The van der Waals surface area contributed by atoms with Crippen molar-refractivity contribution < 1.29 is 14.6 Å². The number of aromatic nitrogens is 1. The fourth-order valence-electron chi connectivity index (χ4n) is 3.76. The first-order valence-corrected chi connectivity index (χ1v) is 8.42. The standard InChI is InChI=1S/C17H23N3O3/c1-10-7-19(17(21)22)8-14-5-13-6-15(23-9-12-3-4-12)11(2)18-16(13)20(10)14/h6,10,12,14H,3-5,7-9H2,1-2H3,(H,21,22)/t10-,14-/m1/s1. The maximum absolute atomic E-state index is 11.3. The maximum atomic E-state index is 11.3. The minimum atomic E-state index is -0.829. The molecular weight excluding hydrogens is 294 g/mol. The molecule has 23 heavy (non-hydrogen) atoms. The molecule has 124 valence electrons. The first-order valence-electron chi connectivity index (χ1n) is 8.42. The summed E-state index contributed by atoms with van der Waals surface area (Å²) in [6.07, 6.45) is 2.56. The number of rotatable bonds is 3. The number of ether oxygens (including phenoxy) is 1. The lowest BCUT2D eigenvalue weighted by Gasteiger charge is -2.42. The van der Waals surface area contributed by atoms with Gasteiger partial charge in [0.25, 0.3) is 0 Å². The van der Waals surface area contributed by atoms with Crippen molar-refractivity contribution >= 4 is 11.9 Å². The Morgan fingerprint density at radius 2 is 2.22 bits per heavy atom. The molecule has 1 saturated heterocycles. The molecule has 0 aromatic carbocycles. The number of carboxylic acid groups (broad SMARTS) is 1. The molecule has 1 N–H and O–H groups in total. The smallest absolute Gasteiger partial charge is 0.407 e. The van der Waals surface area contributed by atoms with Gasteiger partial charge in [-0.3, -0.25) is 0 Å². The van der Waals surface area contributed by atoms with Crippen LogP contribution in [0, 0.1) is 12.8 Å². The number of carbonyl (C=O) groups is 1. The van der Waals surface area contributed by atoms with Gasteiger partial charge in [0.15, 0.2) is 0 Å². The van der Waals surface area contributed by atoms with Crippen LogP contribution in [0.2, 0.25) is 0 Å². The molecule has 0 radical (unpaired) electrons. The number of hydrogen-bond donors (Lipinski definition) is 1. The molecule has 6 heteroatoms. The van der Waals surface area contributed by atoms with Crippen molar-refractivity contribution in [2.24, 2.45) is 5.92 Å². The molecule has 0 unspecified atom stereocenters. The Morgan fingerprint density at radius 3 is 2.91 bits per heavy atom. The molecular formula is C17H23N3O3. The molecule has 0 spiro atoms. The Bertz CT molecular complexity index is 644. The average Bonchev–Trinajstić information content (AvgIpc) is 3.25. The van der Waals surface area contributed by atoms with E-state index in [0.717, 1.165) is 36.2 Å². The summed E-state index contributed by atoms with van der Waals surface area (Å²) in [4.78, 5) is 19.9. The van der Waals surface area contributed by atoms with E-state index in [1.54, 1.807) is 0 Å². The normalized spacial score (nSPS) is 26.0. The van der Waals surface area contributed by atoms with E-state index in [2.05, 4.69) is 17.9 Å². The van der Waals surface area contributed by atoms with Crippen LogP contribution in [0.5, 0.6) is 5.75 Å². The summed E-state index contributed by atoms with van der Waals surface area (Å²) < 4.78 is 5.94. The van der Waals surface area contributed by atoms with Crippen LogP contribution in [0.3, 0.4) is 0 Å². The molecule has 1 amide bonds. The van der Waals surface area contributed by atoms with Crippen LogP contribution in [0.1, 0.15) is 31.0 Å². The van der Waals surface area contributed by atoms with Crippen LogP contribution in [-0.4, -0.2) is 52.9 Å². The summed E-state index contributed by atoms with van der Waals surface area (Å²) in [5, 5.41) is 9.28. The van der Waals surface area contributed by atoms with E-state index in [1.807, 2.05) is 6.92 Å². The minimum absolute atomic E-state index is 0.149. The van der Waals surface area contributed by atoms with Gasteiger partial charge in [0, 0.05) is 24.7 Å². The Morgan fingerprint density at radius 1 is 1.43 bits per heavy atom. The van der Waals surface area contributed by atoms with Crippen molar-refractivity contribution in [2.75, 3.05) is 24.6 Å². The number of piperazine rings is 1. The summed E-state index contributed by atoms with van der Waals surface area (Å²) in [5.74, 6) is 2.63. The maximum Gasteiger partial charge on any atom is 0.407 e. The number of hydrogen-bond acceptors (Lipinski definition) is 4. The third kappa shape index (κ3) is 2.60. The van der Waals surface area contributed by atoms with Crippen molar-refractivity contribution in [3.63, 3.8) is 0 Å². The largest absolute Gasteiger partial charge is 0.491 e. The van der Waals surface area contributed by atoms with E-state index in [0.29, 0.717) is 13.1 Å². The fraction of sp³-hybridized carbons (Fsp3) is 0.647. The van der Waals surface area contributed by atoms with Crippen molar-refractivity contribution in [1.82, 2.24) is 9.88 Å². The number of fused-ring (bicyclic) bond motifs is 3. The van der Waals surface area contributed by atoms with E-state index < -0.39 is 6.09 Å². The number of nitrogens with zero attached hydrogens (tertiary/aromatic N) is 3. The second-order valence-electron chi connectivity index (χ2n) is 7.11. The van der Waals surface area contributed by atoms with Crippen LogP contribution >= 0.6 is 0 Å². The second kappa shape index (κ2) is 5.28. The molecule has 1 saturated carbocycles. The molecule has 1 aromatic rings. The summed E-state index contributed by atoms with van der Waals surface area (Å²) in [5.41, 5.74) is 2.11. The Labute approximate surface area is 136 Å². The lowest BCUT2D eigenvalue weighted by atomic mass is 10.1. The van der Waals surface area contributed by atoms with Gasteiger partial charge in [-0.2, -0.15) is 0 Å². The zero-order valence-corrected chi connectivity index (χ0v) is 13.7. The van der Waals surface area contributed by atoms with Gasteiger partial charge >= 0.3 is 6.09 Å². The first-order chi connectivity index (χ1) is 11.0. The summed E-state index contributed by atoms with van der Waals surface area (Å²) >= 11 is 0. The second-order valence-corrected chi connectivity index (χ2v) is 7.11. The lowest BCUT2D eigenvalue weighted by Crippen LogP contribution is -2.57. The number of amides is 1. The first kappa shape index (κ1) is 14.6. The van der Waals surface area contributed by atoms with E-state index in [-0.39, 0.29) is 12.1 Å². The molecule has 0 bridgehead atoms. The highest BCUT2D eigenvalue weighted by Gasteiger charge is 2.41. The number of pyridine rings is 1. The Hall–Kier alpha value is -1.98. The highest BCUT2D eigenvalue weighted by atomic mass is 16.5. The topological polar surface area (TPSA) is 65.9 Å². The Balaban J connectivity index is 1.58. The van der Waals surface area contributed by atoms with Crippen LogP contribution in [0.15, 0.2) is 6.07 Å². The highest BCUT2D eigenvalue weighted by molar-refractivity contribution is 5.67. The summed E-state index contributed by atoms with van der Waals surface area (Å²) in [6, 6.07) is 2.46. The number of aryl methyl sites for hydroxylation is 1. The average molecular weight is 317 g/mol. The quantitative estimate of drug-likeness (QED) is 0.926. The van der Waals surface area contributed by atoms with Crippen molar-refractivity contribution in [2.45, 2.75) is 45.2 Å². The zero-order chi connectivity index (χ0) is 16.1. The van der Waals surface area contributed by atoms with Crippen LogP contribution in [-0.2, 0) is 6.42 Å². The van der Waals surface area contributed by atoms with Gasteiger partial charge in [0.1, 0.15) is 11.6 Å². The third-order valence-corrected chi connectivity index (χ3v) is 5.15. The molecule has 6 nitrogen and oxygen atoms in total. The van der Waals surface area contributed by atoms with Crippen LogP contribution < -0.4 is 9.64 Å². The fourth-order valence-corrected chi connectivity index (χ4v) is 3.76. The van der Waals surface area contributed by atoms with Gasteiger partial charge in [-0.1, -0.05) is 0 Å². The minimum Gasteiger partial charge on any atom is -0.491 e. The molecule has 1 aromatic heterocycles. The van der Waals surface area contributed by atoms with Gasteiger partial charge in [0.2, 0.25) is 0 Å². The van der Waals surface area contributed by atoms with E-state index in [1.165, 1.54) is 23.3 Å². The van der Waals surface area contributed by atoms with E-state index in [4.69, 9.17) is 9.72 Å². The molecule has 3 aliphatic rings. The molecule has 2 atom stereocenters. The predicted molar refractivity (Wildman–Crippen MR) is 86.2 cm³/mol. The monoisotopic (exact) mass is 317 g/mol. The highest BCUT2D eigenvalue weighted by Crippen LogP contribution is 2.38. The van der Waals surface area contributed by atoms with Gasteiger partial charge < -0.3 is 19.6 Å². The van der Waals surface area contributed by atoms with E-state index >= 15 is 0 Å². The van der Waals surface area contributed by atoms with E-state index in [9.17, 15) is 9.90 Å². The van der Waals surface area contributed by atoms with Crippen molar-refractivity contribution in [3.05, 3.63) is 17.3 Å². The zero-order valence-electron chi connectivity index (χ0n) is 13.7. The lowest BCUT2D eigenvalue weighted by molar-refractivity contribution is 0.128. The Kier molecular flexibility index (Phi) is 3.36. The van der Waals surface area contributed by atoms with Crippen LogP contribution in [0.25, 0.3) is 0 Å². The van der Waals surface area contributed by atoms with Crippen molar-refractivity contribution in [1.29, 1.82) is 0 Å². The van der Waals surface area contributed by atoms with Crippen molar-refractivity contribution in [3.8, 4) is 5.75 Å². The van der Waals surface area contributed by atoms with Crippen LogP contribution in [0.4, 0.5) is 10.6 Å². The summed E-state index contributed by atoms with van der Waals surface area (Å²) in [6.45, 7) is 5.94. The molecule has 2 aliphatic heterocycles. The molecule has 1 aliphatic carbocycles. The third-order valence-electron chi connectivity index (χ3n) is 5.15. The van der Waals surface area contributed by atoms with Gasteiger partial charge in [-0.25, -0.2) is 9.78 Å². The SMILES string of the molecule is Cc1nc2c(cc1OCC1CC1)C[C@@H]1CN(C(=O)O)C[C@@H](C)N21.